The molecule has 0 unspecified atom stereocenters. The van der Waals surface area contributed by atoms with Crippen molar-refractivity contribution in [3.8, 4) is 17.2 Å². The number of halogens is 1. The number of nitrogens with zero attached hydrogens (tertiary/aromatic N) is 3. The predicted octanol–water partition coefficient (Wildman–Crippen LogP) is 2.33. The molecule has 6 rings (SSSR count). The summed E-state index contributed by atoms with van der Waals surface area (Å²) in [6.07, 6.45) is 1.03. The number of ether oxygens (including phenoxy) is 2. The van der Waals surface area contributed by atoms with Crippen molar-refractivity contribution in [1.29, 1.82) is 0 Å². The van der Waals surface area contributed by atoms with Crippen molar-refractivity contribution in [2.24, 2.45) is 0 Å². The van der Waals surface area contributed by atoms with E-state index in [-0.39, 0.29) is 17.4 Å². The number of benzene rings is 2. The van der Waals surface area contributed by atoms with E-state index in [1.165, 1.54) is 16.8 Å². The monoisotopic (exact) mass is 464 g/mol. The number of pyridine rings is 1. The topological polar surface area (TPSA) is 101 Å². The van der Waals surface area contributed by atoms with Gasteiger partial charge in [-0.25, -0.2) is 9.18 Å². The van der Waals surface area contributed by atoms with Crippen LogP contribution >= 0.6 is 0 Å². The molecule has 1 N–H and O–H groups in total. The van der Waals surface area contributed by atoms with E-state index in [2.05, 4.69) is 10.4 Å². The Morgan fingerprint density at radius 2 is 1.88 bits per heavy atom. The highest BCUT2D eigenvalue weighted by Crippen LogP contribution is 2.33. The summed E-state index contributed by atoms with van der Waals surface area (Å²) >= 11 is 0. The Morgan fingerprint density at radius 3 is 2.76 bits per heavy atom. The molecule has 0 fully saturated rings. The third kappa shape index (κ3) is 3.47. The fourth-order valence-electron chi connectivity index (χ4n) is 4.61. The van der Waals surface area contributed by atoms with E-state index in [1.54, 1.807) is 34.9 Å². The maximum atomic E-state index is 14.6. The number of hydrogen-bond donors (Lipinski definition) is 1. The van der Waals surface area contributed by atoms with E-state index < -0.39 is 5.76 Å². The van der Waals surface area contributed by atoms with Crippen LogP contribution in [0, 0.1) is 5.82 Å². The lowest BCUT2D eigenvalue weighted by atomic mass is 10.1. The molecule has 0 radical (unpaired) electrons. The van der Waals surface area contributed by atoms with Gasteiger partial charge in [0.25, 0.3) is 5.56 Å². The molecule has 0 saturated heterocycles. The molecule has 34 heavy (non-hydrogen) atoms. The summed E-state index contributed by atoms with van der Waals surface area (Å²) in [4.78, 5) is 24.6. The van der Waals surface area contributed by atoms with E-state index in [0.717, 1.165) is 5.39 Å². The lowest BCUT2D eigenvalue weighted by Crippen LogP contribution is -2.26. The van der Waals surface area contributed by atoms with Crippen LogP contribution in [0.25, 0.3) is 16.6 Å². The van der Waals surface area contributed by atoms with Crippen LogP contribution in [0.15, 0.2) is 56.5 Å². The quantitative estimate of drug-likeness (QED) is 0.437. The molecule has 2 aromatic heterocycles. The number of fused-ring (bicyclic) bond motifs is 1. The van der Waals surface area contributed by atoms with Gasteiger partial charge in [0.15, 0.2) is 11.5 Å². The zero-order chi connectivity index (χ0) is 23.2. The van der Waals surface area contributed by atoms with E-state index in [1.807, 2.05) is 0 Å². The first kappa shape index (κ1) is 20.7. The molecule has 4 aromatic rings. The normalized spacial score (nSPS) is 16.3. The lowest BCUT2D eigenvalue weighted by Gasteiger charge is -2.18. The molecule has 0 amide bonds. The Kier molecular flexibility index (Phi) is 4.95. The van der Waals surface area contributed by atoms with Gasteiger partial charge < -0.3 is 23.8 Å². The van der Waals surface area contributed by atoms with Gasteiger partial charge in [-0.15, -0.1) is 5.10 Å². The summed E-state index contributed by atoms with van der Waals surface area (Å²) in [7, 11) is 0. The van der Waals surface area contributed by atoms with Crippen LogP contribution in [-0.2, 0) is 13.0 Å². The molecule has 2 aliphatic rings. The zero-order valence-corrected chi connectivity index (χ0v) is 18.1. The molecule has 174 valence electrons. The molecule has 4 heterocycles. The molecule has 0 aliphatic carbocycles. The summed E-state index contributed by atoms with van der Waals surface area (Å²) in [6, 6.07) is 11.2. The van der Waals surface area contributed by atoms with Crippen LogP contribution in [0.2, 0.25) is 0 Å². The summed E-state index contributed by atoms with van der Waals surface area (Å²) < 4.78 is 33.8. The molecule has 0 spiro atoms. The summed E-state index contributed by atoms with van der Waals surface area (Å²) in [5.41, 5.74) is 1.55. The third-order valence-corrected chi connectivity index (χ3v) is 6.17. The van der Waals surface area contributed by atoms with Crippen LogP contribution in [0.3, 0.4) is 0 Å². The van der Waals surface area contributed by atoms with Crippen LogP contribution in [0.1, 0.15) is 23.9 Å². The summed E-state index contributed by atoms with van der Waals surface area (Å²) in [6.45, 7) is 1.84. The minimum atomic E-state index is -0.584. The van der Waals surface area contributed by atoms with Gasteiger partial charge in [-0.1, -0.05) is 0 Å². The summed E-state index contributed by atoms with van der Waals surface area (Å²) in [5, 5.41) is 8.46. The molecule has 1 atom stereocenters. The smallest absolute Gasteiger partial charge is 0.441 e. The first-order valence-corrected chi connectivity index (χ1v) is 11.1. The van der Waals surface area contributed by atoms with Crippen LogP contribution in [-0.4, -0.2) is 34.1 Å². The SMILES string of the molecule is O=c1oc(CCCN[C@H]2Cn3c(=O)ccc4ccc(F)c2c43)nn1-c1ccc2c(c1)OCCO2. The molecule has 0 saturated carbocycles. The fourth-order valence-corrected chi connectivity index (χ4v) is 4.61. The maximum absolute atomic E-state index is 14.6. The average Bonchev–Trinajstić information content (AvgIpc) is 3.42. The van der Waals surface area contributed by atoms with Crippen LogP contribution in [0.5, 0.6) is 11.5 Å². The molecule has 2 aromatic carbocycles. The number of hydrogen-bond acceptors (Lipinski definition) is 7. The molecule has 10 heteroatoms. The average molecular weight is 464 g/mol. The molecular formula is C24H21FN4O5. The second-order valence-electron chi connectivity index (χ2n) is 8.29. The van der Waals surface area contributed by atoms with E-state index >= 15 is 0 Å². The van der Waals surface area contributed by atoms with Crippen molar-refractivity contribution < 1.29 is 18.3 Å². The van der Waals surface area contributed by atoms with Crippen molar-refractivity contribution in [3.05, 3.63) is 80.6 Å². The predicted molar refractivity (Wildman–Crippen MR) is 120 cm³/mol. The number of nitrogens with one attached hydrogen (secondary N) is 1. The van der Waals surface area contributed by atoms with Crippen molar-refractivity contribution in [2.45, 2.75) is 25.4 Å². The van der Waals surface area contributed by atoms with E-state index in [4.69, 9.17) is 13.9 Å². The lowest BCUT2D eigenvalue weighted by molar-refractivity contribution is 0.171. The first-order chi connectivity index (χ1) is 16.6. The highest BCUT2D eigenvalue weighted by molar-refractivity contribution is 5.84. The first-order valence-electron chi connectivity index (χ1n) is 11.1. The minimum Gasteiger partial charge on any atom is -0.486 e. The Balaban J connectivity index is 1.12. The van der Waals surface area contributed by atoms with E-state index in [0.29, 0.717) is 73.3 Å². The van der Waals surface area contributed by atoms with Crippen LogP contribution < -0.4 is 26.1 Å². The Bertz CT molecular complexity index is 1520. The minimum absolute atomic E-state index is 0.143. The second-order valence-corrected chi connectivity index (χ2v) is 8.29. The third-order valence-electron chi connectivity index (χ3n) is 6.17. The standard InChI is InChI=1S/C24H21FN4O5/c25-16-6-3-14-4-8-21(30)28-13-17(22(16)23(14)28)26-9-1-2-20-27-29(24(31)34-20)15-5-7-18-19(12-15)33-11-10-32-18/h3-8,12,17,26H,1-2,9-11,13H2/t17-/m0/s1. The van der Waals surface area contributed by atoms with E-state index in [9.17, 15) is 14.0 Å². The summed E-state index contributed by atoms with van der Waals surface area (Å²) in [5.74, 6) is 0.579. The maximum Gasteiger partial charge on any atom is 0.441 e. The van der Waals surface area contributed by atoms with Gasteiger partial charge in [0, 0.05) is 30.7 Å². The van der Waals surface area contributed by atoms with Crippen molar-refractivity contribution in [2.75, 3.05) is 19.8 Å². The molecule has 9 nitrogen and oxygen atoms in total. The van der Waals surface area contributed by atoms with Gasteiger partial charge in [0.1, 0.15) is 19.0 Å². The largest absolute Gasteiger partial charge is 0.486 e. The highest BCUT2D eigenvalue weighted by Gasteiger charge is 2.28. The number of aromatic nitrogens is 3. The Morgan fingerprint density at radius 1 is 1.06 bits per heavy atom. The molecule has 2 aliphatic heterocycles. The number of rotatable bonds is 6. The van der Waals surface area contributed by atoms with Crippen molar-refractivity contribution in [3.63, 3.8) is 0 Å². The number of aryl methyl sites for hydroxylation is 1. The van der Waals surface area contributed by atoms with Crippen LogP contribution in [0.4, 0.5) is 4.39 Å². The van der Waals surface area contributed by atoms with Gasteiger partial charge in [0.2, 0.25) is 5.89 Å². The highest BCUT2D eigenvalue weighted by atomic mass is 19.1. The van der Waals surface area contributed by atoms with Gasteiger partial charge in [-0.05, 0) is 48.7 Å². The second kappa shape index (κ2) is 8.14. The van der Waals surface area contributed by atoms with Gasteiger partial charge in [0.05, 0.1) is 17.2 Å². The Hall–Kier alpha value is -3.92. The Labute approximate surface area is 192 Å². The zero-order valence-electron chi connectivity index (χ0n) is 18.1. The van der Waals surface area contributed by atoms with Crippen molar-refractivity contribution >= 4 is 10.9 Å². The fraction of sp³-hybridized carbons (Fsp3) is 0.292. The van der Waals surface area contributed by atoms with Gasteiger partial charge >= 0.3 is 5.76 Å². The van der Waals surface area contributed by atoms with Gasteiger partial charge in [-0.2, -0.15) is 4.68 Å². The van der Waals surface area contributed by atoms with Gasteiger partial charge in [-0.3, -0.25) is 4.79 Å². The molecule has 0 bridgehead atoms. The molecular weight excluding hydrogens is 443 g/mol. The van der Waals surface area contributed by atoms with Crippen molar-refractivity contribution in [1.82, 2.24) is 19.7 Å².